The number of hydrogen-bond donors (Lipinski definition) is 6. The molecule has 4 heterocycles. The minimum atomic E-state index is -1.21. The van der Waals surface area contributed by atoms with Gasteiger partial charge in [-0.05, 0) is 64.1 Å². The van der Waals surface area contributed by atoms with E-state index in [2.05, 4.69) is 25.8 Å². The van der Waals surface area contributed by atoms with Crippen molar-refractivity contribution < 1.29 is 34.1 Å². The van der Waals surface area contributed by atoms with Crippen LogP contribution in [0.5, 0.6) is 11.5 Å². The summed E-state index contributed by atoms with van der Waals surface area (Å²) in [5.74, 6) is -0.739. The minimum Gasteiger partial charge on any atom is -0.494 e. The van der Waals surface area contributed by atoms with Gasteiger partial charge < -0.3 is 45.6 Å². The van der Waals surface area contributed by atoms with E-state index in [1.807, 2.05) is 32.9 Å². The highest BCUT2D eigenvalue weighted by Gasteiger charge is 2.24. The molecule has 0 aliphatic carbocycles. The van der Waals surface area contributed by atoms with E-state index in [9.17, 15) is 24.6 Å². The summed E-state index contributed by atoms with van der Waals surface area (Å²) in [7, 11) is 1.46. The monoisotopic (exact) mass is 782 g/mol. The lowest BCUT2D eigenvalue weighted by Crippen LogP contribution is -2.20. The largest absolute Gasteiger partial charge is 0.494 e. The number of imidazole rings is 2. The number of carbonyl (C=O) groups is 3. The van der Waals surface area contributed by atoms with Gasteiger partial charge in [-0.2, -0.15) is 10.2 Å². The van der Waals surface area contributed by atoms with Gasteiger partial charge in [0.05, 0.1) is 41.8 Å². The van der Waals surface area contributed by atoms with Crippen LogP contribution in [0.4, 0.5) is 11.9 Å². The molecule has 0 radical (unpaired) electrons. The Morgan fingerprint density at radius 2 is 1.39 bits per heavy atom. The van der Waals surface area contributed by atoms with Crippen molar-refractivity contribution in [3.05, 3.63) is 82.5 Å². The normalized spacial score (nSPS) is 12.1. The molecule has 0 spiro atoms. The summed E-state index contributed by atoms with van der Waals surface area (Å²) in [4.78, 5) is 47.5. The second-order valence-electron chi connectivity index (χ2n) is 13.1. The zero-order chi connectivity index (χ0) is 41.0. The van der Waals surface area contributed by atoms with E-state index in [-0.39, 0.29) is 49.3 Å². The Bertz CT molecular complexity index is 2490. The number of aromatic nitrogens is 8. The topological polar surface area (TPSA) is 258 Å². The second-order valence-corrected chi connectivity index (χ2v) is 13.1. The number of nitrogens with two attached hydrogens (primary N) is 2. The van der Waals surface area contributed by atoms with Crippen molar-refractivity contribution in [2.24, 2.45) is 11.5 Å². The predicted octanol–water partition coefficient (Wildman–Crippen LogP) is 3.01. The molecule has 3 amide bonds. The molecule has 57 heavy (non-hydrogen) atoms. The summed E-state index contributed by atoms with van der Waals surface area (Å²) in [5, 5.41) is 35.6. The summed E-state index contributed by atoms with van der Waals surface area (Å²) < 4.78 is 18.5. The number of ether oxygens (including phenoxy) is 2. The number of allylic oxidation sites excluding steroid dienone is 2. The highest BCUT2D eigenvalue weighted by molar-refractivity contribution is 6.04. The Morgan fingerprint density at radius 1 is 0.825 bits per heavy atom. The van der Waals surface area contributed by atoms with E-state index in [0.717, 1.165) is 5.69 Å². The molecule has 4 aromatic heterocycles. The summed E-state index contributed by atoms with van der Waals surface area (Å²) in [6.45, 7) is 8.81. The first-order chi connectivity index (χ1) is 27.4. The third-order valence-corrected chi connectivity index (χ3v) is 9.14. The van der Waals surface area contributed by atoms with Crippen molar-refractivity contribution in [1.29, 1.82) is 0 Å². The number of anilines is 2. The van der Waals surface area contributed by atoms with Crippen LogP contribution in [0, 0.1) is 13.8 Å². The number of rotatable bonds is 18. The number of amides is 3. The van der Waals surface area contributed by atoms with Crippen molar-refractivity contribution >= 4 is 51.7 Å². The van der Waals surface area contributed by atoms with Crippen LogP contribution in [0.25, 0.3) is 22.1 Å². The Balaban J connectivity index is 1.41. The maximum absolute atomic E-state index is 13.6. The highest BCUT2D eigenvalue weighted by atomic mass is 16.5. The van der Waals surface area contributed by atoms with Gasteiger partial charge in [0, 0.05) is 50.3 Å². The average Bonchev–Trinajstić information content (AvgIpc) is 3.95. The number of aryl methyl sites for hydroxylation is 4. The summed E-state index contributed by atoms with van der Waals surface area (Å²) in [5.41, 5.74) is 15.6. The average molecular weight is 783 g/mol. The van der Waals surface area contributed by atoms with Gasteiger partial charge in [0.2, 0.25) is 23.7 Å². The van der Waals surface area contributed by atoms with Crippen LogP contribution in [-0.4, -0.2) is 86.9 Å². The maximum Gasteiger partial charge on any atom is 0.276 e. The third-order valence-electron chi connectivity index (χ3n) is 9.14. The molecule has 0 aliphatic rings. The fourth-order valence-corrected chi connectivity index (χ4v) is 6.55. The molecule has 6 rings (SSSR count). The number of aliphatic hydroxyl groups is 2. The fourth-order valence-electron chi connectivity index (χ4n) is 6.55. The van der Waals surface area contributed by atoms with Crippen molar-refractivity contribution in [2.75, 3.05) is 31.0 Å². The number of carbonyl (C=O) groups excluding carboxylic acids is 3. The molecule has 8 N–H and O–H groups in total. The van der Waals surface area contributed by atoms with Crippen LogP contribution in [0.1, 0.15) is 74.8 Å². The van der Waals surface area contributed by atoms with E-state index in [0.29, 0.717) is 70.2 Å². The highest BCUT2D eigenvalue weighted by Crippen LogP contribution is 2.33. The Labute approximate surface area is 326 Å². The number of benzene rings is 2. The van der Waals surface area contributed by atoms with Gasteiger partial charge in [0.1, 0.15) is 28.2 Å². The van der Waals surface area contributed by atoms with Crippen LogP contribution in [0.15, 0.2) is 48.6 Å². The maximum atomic E-state index is 13.6. The van der Waals surface area contributed by atoms with Crippen LogP contribution < -0.4 is 31.6 Å². The molecular weight excluding hydrogens is 736 g/mol. The van der Waals surface area contributed by atoms with E-state index in [4.69, 9.17) is 25.9 Å². The van der Waals surface area contributed by atoms with Gasteiger partial charge in [-0.25, -0.2) is 9.97 Å². The van der Waals surface area contributed by atoms with E-state index >= 15 is 0 Å². The molecule has 1 unspecified atom stereocenters. The van der Waals surface area contributed by atoms with Crippen molar-refractivity contribution in [2.45, 2.75) is 66.5 Å². The number of fused-ring (bicyclic) bond motifs is 2. The number of nitrogens with one attached hydrogen (secondary N) is 2. The Morgan fingerprint density at radius 3 is 1.98 bits per heavy atom. The van der Waals surface area contributed by atoms with Gasteiger partial charge in [-0.15, -0.1) is 0 Å². The fraction of sp³-hybridized carbons (Fsp3) is 0.342. The number of nitrogens with zero attached hydrogens (tertiary/aromatic N) is 8. The SMILES string of the molecule is CCn1nc(C)cc1C(=O)Nc1nc2cc(C(N)=O)cc(OC)c2n1C/C=C/Cn1c(NC(O)c2cc(C)nn2CC)nc2cc(C(N)=O)cc(OCCCO)c21. The molecule has 0 aliphatic heterocycles. The molecule has 1 atom stereocenters. The first-order valence-corrected chi connectivity index (χ1v) is 18.3. The first kappa shape index (κ1) is 39.9. The molecule has 6 aromatic rings. The smallest absolute Gasteiger partial charge is 0.276 e. The quantitative estimate of drug-likeness (QED) is 0.0418. The van der Waals surface area contributed by atoms with Crippen molar-refractivity contribution in [3.63, 3.8) is 0 Å². The van der Waals surface area contributed by atoms with E-state index < -0.39 is 23.9 Å². The lowest BCUT2D eigenvalue weighted by Gasteiger charge is -2.17. The molecule has 19 nitrogen and oxygen atoms in total. The molecule has 0 saturated heterocycles. The number of aliphatic hydroxyl groups excluding tert-OH is 2. The molecular formula is C38H46N12O7. The second kappa shape index (κ2) is 17.0. The third kappa shape index (κ3) is 8.29. The Hall–Kier alpha value is -6.73. The van der Waals surface area contributed by atoms with Gasteiger partial charge >= 0.3 is 0 Å². The summed E-state index contributed by atoms with van der Waals surface area (Å²) in [6, 6.07) is 9.55. The van der Waals surface area contributed by atoms with Crippen molar-refractivity contribution in [3.8, 4) is 11.5 Å². The van der Waals surface area contributed by atoms with Crippen LogP contribution >= 0.6 is 0 Å². The first-order valence-electron chi connectivity index (χ1n) is 18.3. The molecule has 0 fully saturated rings. The minimum absolute atomic E-state index is 0.105. The summed E-state index contributed by atoms with van der Waals surface area (Å²) >= 11 is 0. The van der Waals surface area contributed by atoms with Crippen molar-refractivity contribution in [1.82, 2.24) is 38.7 Å². The summed E-state index contributed by atoms with van der Waals surface area (Å²) in [6.07, 6.45) is 2.80. The standard InChI is InChI=1S/C38H46N12O7/c1-6-49-27(15-21(3)45-49)35(54)43-37-41-25-17-23(33(39)52)19-29(56-5)31(25)47(37)11-8-9-12-48-32-26(18-24(34(40)53)20-30(32)57-14-10-13-51)42-38(48)44-36(55)28-16-22(4)46-50(28)7-2/h8-9,15-20,36,51,55H,6-7,10-14H2,1-5H3,(H2,39,52)(H2,40,53)(H,42,44)(H,41,43,54)/b9-8+. The molecule has 0 saturated carbocycles. The van der Waals surface area contributed by atoms with Crippen LogP contribution in [0.2, 0.25) is 0 Å². The predicted molar refractivity (Wildman–Crippen MR) is 211 cm³/mol. The molecule has 19 heteroatoms. The number of primary amides is 2. The van der Waals surface area contributed by atoms with E-state index in [1.165, 1.54) is 25.3 Å². The van der Waals surface area contributed by atoms with Gasteiger partial charge in [-0.3, -0.25) is 29.1 Å². The molecule has 300 valence electrons. The number of hydrogen-bond acceptors (Lipinski definition) is 12. The zero-order valence-corrected chi connectivity index (χ0v) is 32.3. The van der Waals surface area contributed by atoms with Gasteiger partial charge in [-0.1, -0.05) is 12.2 Å². The Kier molecular flexibility index (Phi) is 11.9. The number of methoxy groups -OCH3 is 1. The van der Waals surface area contributed by atoms with E-state index in [1.54, 1.807) is 43.6 Å². The zero-order valence-electron chi connectivity index (χ0n) is 32.3. The lowest BCUT2D eigenvalue weighted by molar-refractivity contribution is 0.0991. The van der Waals surface area contributed by atoms with Gasteiger partial charge in [0.15, 0.2) is 6.23 Å². The lowest BCUT2D eigenvalue weighted by atomic mass is 10.1. The van der Waals surface area contributed by atoms with Crippen LogP contribution in [-0.2, 0) is 26.2 Å². The molecule has 0 bridgehead atoms. The van der Waals surface area contributed by atoms with Crippen LogP contribution in [0.3, 0.4) is 0 Å². The van der Waals surface area contributed by atoms with Gasteiger partial charge in [0.25, 0.3) is 5.91 Å². The molecule has 2 aromatic carbocycles.